The van der Waals surface area contributed by atoms with Gasteiger partial charge in [-0.05, 0) is 36.2 Å². The number of methoxy groups -OCH3 is 2. The highest BCUT2D eigenvalue weighted by Crippen LogP contribution is 2.32. The van der Waals surface area contributed by atoms with Crippen molar-refractivity contribution < 1.29 is 19.3 Å². The van der Waals surface area contributed by atoms with E-state index < -0.39 is 6.10 Å². The second-order valence-corrected chi connectivity index (χ2v) is 6.35. The van der Waals surface area contributed by atoms with Crippen molar-refractivity contribution in [2.45, 2.75) is 25.2 Å². The SMILES string of the molecule is COc1ccc(O[C@@H]2CCN(Cc3ccnc(N)c3)C[C@H]2O)cc1OC. The fourth-order valence-electron chi connectivity index (χ4n) is 3.17. The van der Waals surface area contributed by atoms with E-state index in [4.69, 9.17) is 19.9 Å². The van der Waals surface area contributed by atoms with Gasteiger partial charge in [-0.3, -0.25) is 4.90 Å². The first-order chi connectivity index (χ1) is 12.6. The standard InChI is InChI=1S/C19H25N3O4/c1-24-17-4-3-14(10-18(17)25-2)26-16-6-8-22(12-15(16)23)11-13-5-7-21-19(20)9-13/h3-5,7,9-10,15-16,23H,6,8,11-12H2,1-2H3,(H2,20,21)/t15-,16-/m1/s1. The number of aliphatic hydroxyl groups is 1. The van der Waals surface area contributed by atoms with Gasteiger partial charge in [-0.25, -0.2) is 4.98 Å². The summed E-state index contributed by atoms with van der Waals surface area (Å²) in [4.78, 5) is 6.19. The molecule has 1 aliphatic rings. The molecule has 2 atom stereocenters. The van der Waals surface area contributed by atoms with Crippen molar-refractivity contribution in [3.05, 3.63) is 42.1 Å². The average molecular weight is 359 g/mol. The van der Waals surface area contributed by atoms with Gasteiger partial charge < -0.3 is 25.1 Å². The van der Waals surface area contributed by atoms with E-state index in [1.807, 2.05) is 18.2 Å². The van der Waals surface area contributed by atoms with Gasteiger partial charge in [0.05, 0.1) is 14.2 Å². The molecule has 0 spiro atoms. The number of aromatic nitrogens is 1. The summed E-state index contributed by atoms with van der Waals surface area (Å²) in [6, 6.07) is 9.19. The molecule has 1 fully saturated rings. The molecule has 2 aromatic rings. The molecule has 7 heteroatoms. The average Bonchev–Trinajstić information content (AvgIpc) is 2.64. The Hall–Kier alpha value is -2.51. The zero-order chi connectivity index (χ0) is 18.5. The van der Waals surface area contributed by atoms with Crippen molar-refractivity contribution in [1.29, 1.82) is 0 Å². The van der Waals surface area contributed by atoms with Gasteiger partial charge >= 0.3 is 0 Å². The second-order valence-electron chi connectivity index (χ2n) is 6.35. The smallest absolute Gasteiger partial charge is 0.164 e. The van der Waals surface area contributed by atoms with E-state index in [2.05, 4.69) is 9.88 Å². The summed E-state index contributed by atoms with van der Waals surface area (Å²) < 4.78 is 16.5. The number of rotatable bonds is 6. The third kappa shape index (κ3) is 4.36. The van der Waals surface area contributed by atoms with E-state index in [1.54, 1.807) is 32.5 Å². The fourth-order valence-corrected chi connectivity index (χ4v) is 3.17. The number of pyridine rings is 1. The molecule has 0 amide bonds. The van der Waals surface area contributed by atoms with Crippen LogP contribution in [0.25, 0.3) is 0 Å². The molecule has 1 aromatic carbocycles. The molecule has 0 aliphatic carbocycles. The maximum Gasteiger partial charge on any atom is 0.164 e. The monoisotopic (exact) mass is 359 g/mol. The number of ether oxygens (including phenoxy) is 3. The lowest BCUT2D eigenvalue weighted by Crippen LogP contribution is -2.48. The summed E-state index contributed by atoms with van der Waals surface area (Å²) in [7, 11) is 3.18. The highest BCUT2D eigenvalue weighted by Gasteiger charge is 2.29. The summed E-state index contributed by atoms with van der Waals surface area (Å²) in [6.07, 6.45) is 1.60. The molecule has 0 bridgehead atoms. The number of nitrogens with zero attached hydrogens (tertiary/aromatic N) is 2. The van der Waals surface area contributed by atoms with Gasteiger partial charge in [0.15, 0.2) is 11.5 Å². The number of aliphatic hydroxyl groups excluding tert-OH is 1. The van der Waals surface area contributed by atoms with Crippen molar-refractivity contribution in [1.82, 2.24) is 9.88 Å². The molecule has 1 saturated heterocycles. The largest absolute Gasteiger partial charge is 0.493 e. The molecule has 2 heterocycles. The number of hydrogen-bond donors (Lipinski definition) is 2. The van der Waals surface area contributed by atoms with Gasteiger partial charge in [0.2, 0.25) is 0 Å². The van der Waals surface area contributed by atoms with E-state index in [9.17, 15) is 5.11 Å². The third-order valence-corrected chi connectivity index (χ3v) is 4.50. The Morgan fingerprint density at radius 3 is 2.69 bits per heavy atom. The van der Waals surface area contributed by atoms with Crippen LogP contribution in [0.5, 0.6) is 17.2 Å². The molecule has 0 unspecified atom stereocenters. The molecular weight excluding hydrogens is 334 g/mol. The molecule has 0 saturated carbocycles. The van der Waals surface area contributed by atoms with Gasteiger partial charge in [0.25, 0.3) is 0 Å². The summed E-state index contributed by atoms with van der Waals surface area (Å²) in [5, 5.41) is 10.5. The van der Waals surface area contributed by atoms with Gasteiger partial charge in [0.1, 0.15) is 23.8 Å². The minimum atomic E-state index is -0.573. The molecule has 7 nitrogen and oxygen atoms in total. The van der Waals surface area contributed by atoms with Crippen LogP contribution >= 0.6 is 0 Å². The van der Waals surface area contributed by atoms with Crippen LogP contribution in [0.15, 0.2) is 36.5 Å². The predicted molar refractivity (Wildman–Crippen MR) is 98.5 cm³/mol. The molecule has 1 aromatic heterocycles. The van der Waals surface area contributed by atoms with Crippen molar-refractivity contribution >= 4 is 5.82 Å². The minimum absolute atomic E-state index is 0.258. The van der Waals surface area contributed by atoms with Crippen LogP contribution < -0.4 is 19.9 Å². The predicted octanol–water partition coefficient (Wildman–Crippen LogP) is 1.70. The van der Waals surface area contributed by atoms with E-state index in [-0.39, 0.29) is 6.10 Å². The highest BCUT2D eigenvalue weighted by molar-refractivity contribution is 5.45. The fraction of sp³-hybridized carbons (Fsp3) is 0.421. The summed E-state index contributed by atoms with van der Waals surface area (Å²) >= 11 is 0. The molecule has 3 rings (SSSR count). The second kappa shape index (κ2) is 8.25. The quantitative estimate of drug-likeness (QED) is 0.811. The van der Waals surface area contributed by atoms with Crippen molar-refractivity contribution in [2.24, 2.45) is 0 Å². The summed E-state index contributed by atoms with van der Waals surface area (Å²) in [6.45, 7) is 2.10. The maximum atomic E-state index is 10.5. The van der Waals surface area contributed by atoms with Crippen LogP contribution in [-0.2, 0) is 6.54 Å². The molecular formula is C19H25N3O4. The Labute approximate surface area is 153 Å². The topological polar surface area (TPSA) is 90.1 Å². The van der Waals surface area contributed by atoms with Gasteiger partial charge in [-0.2, -0.15) is 0 Å². The number of benzene rings is 1. The number of nitrogens with two attached hydrogens (primary N) is 1. The number of hydrogen-bond acceptors (Lipinski definition) is 7. The normalized spacial score (nSPS) is 20.6. The zero-order valence-corrected chi connectivity index (χ0v) is 15.1. The van der Waals surface area contributed by atoms with Crippen molar-refractivity contribution in [3.8, 4) is 17.2 Å². The Morgan fingerprint density at radius 2 is 2.00 bits per heavy atom. The van der Waals surface area contributed by atoms with Gasteiger partial charge in [0, 0.05) is 31.9 Å². The third-order valence-electron chi connectivity index (χ3n) is 4.50. The minimum Gasteiger partial charge on any atom is -0.493 e. The van der Waals surface area contributed by atoms with Crippen LogP contribution in [0.4, 0.5) is 5.82 Å². The van der Waals surface area contributed by atoms with Crippen LogP contribution in [-0.4, -0.2) is 54.5 Å². The summed E-state index contributed by atoms with van der Waals surface area (Å²) in [5.41, 5.74) is 6.81. The number of likely N-dealkylation sites (tertiary alicyclic amines) is 1. The first-order valence-corrected chi connectivity index (χ1v) is 8.58. The molecule has 0 radical (unpaired) electrons. The van der Waals surface area contributed by atoms with E-state index in [1.165, 1.54) is 0 Å². The highest BCUT2D eigenvalue weighted by atomic mass is 16.5. The van der Waals surface area contributed by atoms with E-state index in [0.29, 0.717) is 29.6 Å². The van der Waals surface area contributed by atoms with E-state index in [0.717, 1.165) is 25.1 Å². The van der Waals surface area contributed by atoms with E-state index >= 15 is 0 Å². The van der Waals surface area contributed by atoms with Crippen LogP contribution in [0.3, 0.4) is 0 Å². The Morgan fingerprint density at radius 1 is 1.19 bits per heavy atom. The van der Waals surface area contributed by atoms with Crippen LogP contribution in [0, 0.1) is 0 Å². The van der Waals surface area contributed by atoms with Gasteiger partial charge in [-0.1, -0.05) is 0 Å². The van der Waals surface area contributed by atoms with Crippen LogP contribution in [0.1, 0.15) is 12.0 Å². The molecule has 3 N–H and O–H groups in total. The summed E-state index contributed by atoms with van der Waals surface area (Å²) in [5.74, 6) is 2.41. The molecule has 26 heavy (non-hydrogen) atoms. The van der Waals surface area contributed by atoms with Crippen molar-refractivity contribution in [3.63, 3.8) is 0 Å². The first kappa shape index (κ1) is 18.3. The number of anilines is 1. The lowest BCUT2D eigenvalue weighted by atomic mass is 10.0. The number of nitrogen functional groups attached to an aromatic ring is 1. The zero-order valence-electron chi connectivity index (χ0n) is 15.1. The Bertz CT molecular complexity index is 740. The maximum absolute atomic E-state index is 10.5. The molecule has 1 aliphatic heterocycles. The van der Waals surface area contributed by atoms with Crippen molar-refractivity contribution in [2.75, 3.05) is 33.0 Å². The van der Waals surface area contributed by atoms with Gasteiger partial charge in [-0.15, -0.1) is 0 Å². The first-order valence-electron chi connectivity index (χ1n) is 8.58. The van der Waals surface area contributed by atoms with Crippen LogP contribution in [0.2, 0.25) is 0 Å². The molecule has 140 valence electrons. The lowest BCUT2D eigenvalue weighted by Gasteiger charge is -2.36. The number of β-amino-alcohol motifs (C(OH)–C–C–N with tert-alkyl or cyclic N) is 1. The Balaban J connectivity index is 1.59. The lowest BCUT2D eigenvalue weighted by molar-refractivity contribution is -0.0275. The Kier molecular flexibility index (Phi) is 5.80. The number of piperidine rings is 1.